The Morgan fingerprint density at radius 3 is 2.48 bits per heavy atom. The van der Waals surface area contributed by atoms with Gasteiger partial charge in [0, 0.05) is 38.3 Å². The zero-order valence-electron chi connectivity index (χ0n) is 13.4. The smallest absolute Gasteiger partial charge is 0.253 e. The van der Waals surface area contributed by atoms with Crippen LogP contribution in [0.1, 0.15) is 36.2 Å². The molecule has 3 nitrogen and oxygen atoms in total. The third kappa shape index (κ3) is 4.71. The van der Waals surface area contributed by atoms with Gasteiger partial charge in [-0.15, -0.1) is 0 Å². The summed E-state index contributed by atoms with van der Waals surface area (Å²) in [6.07, 6.45) is 3.31. The Morgan fingerprint density at radius 1 is 1.10 bits per heavy atom. The van der Waals surface area contributed by atoms with Gasteiger partial charge in [0.2, 0.25) is 0 Å². The Balaban J connectivity index is 1.94. The number of carbonyl (C=O) groups excluding carboxylic acids is 1. The summed E-state index contributed by atoms with van der Waals surface area (Å²) < 4.78 is 0. The second kappa shape index (κ2) is 7.41. The molecule has 114 valence electrons. The summed E-state index contributed by atoms with van der Waals surface area (Å²) in [7, 11) is 0. The van der Waals surface area contributed by atoms with Gasteiger partial charge in [-0.1, -0.05) is 29.3 Å². The van der Waals surface area contributed by atoms with Gasteiger partial charge in [-0.2, -0.15) is 0 Å². The zero-order valence-corrected chi connectivity index (χ0v) is 13.4. The molecular formula is C18H26N2O. The highest BCUT2D eigenvalue weighted by molar-refractivity contribution is 5.94. The molecule has 0 radical (unpaired) electrons. The fourth-order valence-corrected chi connectivity index (χ4v) is 2.55. The van der Waals surface area contributed by atoms with Crippen LogP contribution in [0.3, 0.4) is 0 Å². The highest BCUT2D eigenvalue weighted by Gasteiger charge is 2.19. The fraction of sp³-hybridized carbons (Fsp3) is 0.500. The van der Waals surface area contributed by atoms with Crippen molar-refractivity contribution < 1.29 is 4.79 Å². The number of benzene rings is 1. The van der Waals surface area contributed by atoms with Crippen molar-refractivity contribution >= 4 is 5.91 Å². The summed E-state index contributed by atoms with van der Waals surface area (Å²) in [4.78, 5) is 17.0. The third-order valence-electron chi connectivity index (χ3n) is 3.93. The highest BCUT2D eigenvalue weighted by Crippen LogP contribution is 2.10. The van der Waals surface area contributed by atoms with Crippen molar-refractivity contribution in [3.05, 3.63) is 47.0 Å². The summed E-state index contributed by atoms with van der Waals surface area (Å²) in [5, 5.41) is 0. The van der Waals surface area contributed by atoms with Gasteiger partial charge in [0.1, 0.15) is 0 Å². The minimum atomic E-state index is 0.166. The van der Waals surface area contributed by atoms with E-state index in [1.807, 2.05) is 36.1 Å². The quantitative estimate of drug-likeness (QED) is 0.797. The van der Waals surface area contributed by atoms with Crippen LogP contribution in [0.2, 0.25) is 0 Å². The summed E-state index contributed by atoms with van der Waals surface area (Å²) >= 11 is 0. The van der Waals surface area contributed by atoms with Crippen LogP contribution >= 0.6 is 0 Å². The minimum Gasteiger partial charge on any atom is -0.337 e. The van der Waals surface area contributed by atoms with Crippen molar-refractivity contribution in [1.82, 2.24) is 9.80 Å². The largest absolute Gasteiger partial charge is 0.337 e. The van der Waals surface area contributed by atoms with Crippen LogP contribution in [0.15, 0.2) is 35.9 Å². The van der Waals surface area contributed by atoms with Crippen LogP contribution in [0.25, 0.3) is 0 Å². The number of carbonyl (C=O) groups is 1. The monoisotopic (exact) mass is 286 g/mol. The Labute approximate surface area is 128 Å². The summed E-state index contributed by atoms with van der Waals surface area (Å²) in [6.45, 7) is 11.0. The molecule has 0 aliphatic carbocycles. The molecule has 1 aliphatic heterocycles. The minimum absolute atomic E-state index is 0.166. The van der Waals surface area contributed by atoms with Gasteiger partial charge in [0.05, 0.1) is 0 Å². The highest BCUT2D eigenvalue weighted by atomic mass is 16.2. The fourth-order valence-electron chi connectivity index (χ4n) is 2.55. The third-order valence-corrected chi connectivity index (χ3v) is 3.93. The Hall–Kier alpha value is -1.61. The average Bonchev–Trinajstić information content (AvgIpc) is 2.70. The number of amides is 1. The molecule has 0 aromatic heterocycles. The lowest BCUT2D eigenvalue weighted by atomic mass is 10.1. The van der Waals surface area contributed by atoms with E-state index in [1.165, 1.54) is 11.1 Å². The van der Waals surface area contributed by atoms with Crippen molar-refractivity contribution in [3.8, 4) is 0 Å². The second-order valence-electron chi connectivity index (χ2n) is 6.09. The Kier molecular flexibility index (Phi) is 5.57. The first kappa shape index (κ1) is 15.8. The number of hydrogen-bond acceptors (Lipinski definition) is 2. The number of rotatable bonds is 3. The number of allylic oxidation sites excluding steroid dienone is 1. The van der Waals surface area contributed by atoms with E-state index in [2.05, 4.69) is 24.8 Å². The molecule has 1 saturated heterocycles. The van der Waals surface area contributed by atoms with Gasteiger partial charge < -0.3 is 4.90 Å². The molecule has 3 heteroatoms. The zero-order chi connectivity index (χ0) is 15.2. The first-order chi connectivity index (χ1) is 10.1. The maximum absolute atomic E-state index is 12.5. The van der Waals surface area contributed by atoms with E-state index in [9.17, 15) is 4.79 Å². The number of nitrogens with zero attached hydrogens (tertiary/aromatic N) is 2. The Morgan fingerprint density at radius 2 is 1.81 bits per heavy atom. The van der Waals surface area contributed by atoms with E-state index in [0.717, 1.165) is 44.7 Å². The lowest BCUT2D eigenvalue weighted by Crippen LogP contribution is -2.35. The molecule has 1 aromatic carbocycles. The van der Waals surface area contributed by atoms with E-state index in [0.29, 0.717) is 0 Å². The van der Waals surface area contributed by atoms with Crippen molar-refractivity contribution in [2.75, 3.05) is 32.7 Å². The molecule has 0 unspecified atom stereocenters. The van der Waals surface area contributed by atoms with Gasteiger partial charge >= 0.3 is 0 Å². The van der Waals surface area contributed by atoms with E-state index < -0.39 is 0 Å². The number of hydrogen-bond donors (Lipinski definition) is 0. The molecule has 2 rings (SSSR count). The van der Waals surface area contributed by atoms with Crippen LogP contribution in [0.4, 0.5) is 0 Å². The van der Waals surface area contributed by atoms with Gasteiger partial charge in [0.15, 0.2) is 0 Å². The van der Waals surface area contributed by atoms with E-state index in [-0.39, 0.29) is 5.91 Å². The topological polar surface area (TPSA) is 23.6 Å². The van der Waals surface area contributed by atoms with Gasteiger partial charge in [-0.25, -0.2) is 0 Å². The van der Waals surface area contributed by atoms with Gasteiger partial charge in [-0.05, 0) is 39.3 Å². The van der Waals surface area contributed by atoms with Gasteiger partial charge in [-0.3, -0.25) is 9.69 Å². The van der Waals surface area contributed by atoms with Crippen LogP contribution in [-0.4, -0.2) is 48.4 Å². The molecule has 0 atom stereocenters. The van der Waals surface area contributed by atoms with E-state index in [4.69, 9.17) is 0 Å². The summed E-state index contributed by atoms with van der Waals surface area (Å²) in [6, 6.07) is 7.88. The number of aryl methyl sites for hydroxylation is 1. The lowest BCUT2D eigenvalue weighted by Gasteiger charge is -2.21. The van der Waals surface area contributed by atoms with Crippen molar-refractivity contribution in [3.63, 3.8) is 0 Å². The summed E-state index contributed by atoms with van der Waals surface area (Å²) in [5.74, 6) is 0.166. The maximum atomic E-state index is 12.5. The SMILES string of the molecule is CC(C)=CCN1CCCN(C(=O)c2ccc(C)cc2)CC1. The van der Waals surface area contributed by atoms with Crippen LogP contribution < -0.4 is 0 Å². The molecule has 1 aromatic rings. The first-order valence-electron chi connectivity index (χ1n) is 7.78. The molecule has 0 bridgehead atoms. The van der Waals surface area contributed by atoms with Crippen molar-refractivity contribution in [2.45, 2.75) is 27.2 Å². The average molecular weight is 286 g/mol. The van der Waals surface area contributed by atoms with Crippen LogP contribution in [-0.2, 0) is 0 Å². The molecule has 1 fully saturated rings. The van der Waals surface area contributed by atoms with E-state index >= 15 is 0 Å². The Bertz CT molecular complexity index is 500. The predicted octanol–water partition coefficient (Wildman–Crippen LogP) is 3.11. The van der Waals surface area contributed by atoms with Crippen molar-refractivity contribution in [2.24, 2.45) is 0 Å². The van der Waals surface area contributed by atoms with Gasteiger partial charge in [0.25, 0.3) is 5.91 Å². The molecule has 1 aliphatic rings. The first-order valence-corrected chi connectivity index (χ1v) is 7.78. The van der Waals surface area contributed by atoms with Crippen molar-refractivity contribution in [1.29, 1.82) is 0 Å². The maximum Gasteiger partial charge on any atom is 0.253 e. The van der Waals surface area contributed by atoms with Crippen LogP contribution in [0, 0.1) is 6.92 Å². The lowest BCUT2D eigenvalue weighted by molar-refractivity contribution is 0.0762. The predicted molar refractivity (Wildman–Crippen MR) is 87.6 cm³/mol. The standard InChI is InChI=1S/C18H26N2O/c1-15(2)9-12-19-10-4-11-20(14-13-19)18(21)17-7-5-16(3)6-8-17/h5-9H,4,10-14H2,1-3H3. The molecular weight excluding hydrogens is 260 g/mol. The second-order valence-corrected chi connectivity index (χ2v) is 6.09. The molecule has 0 spiro atoms. The van der Waals surface area contributed by atoms with E-state index in [1.54, 1.807) is 0 Å². The molecule has 1 heterocycles. The summed E-state index contributed by atoms with van der Waals surface area (Å²) in [5.41, 5.74) is 3.35. The molecule has 0 saturated carbocycles. The molecule has 21 heavy (non-hydrogen) atoms. The molecule has 1 amide bonds. The normalized spacial score (nSPS) is 16.4. The molecule has 0 N–H and O–H groups in total. The van der Waals surface area contributed by atoms with Crippen LogP contribution in [0.5, 0.6) is 0 Å².